The first kappa shape index (κ1) is 13.8. The lowest BCUT2D eigenvalue weighted by atomic mass is 10.3. The quantitative estimate of drug-likeness (QED) is 0.410. The molecule has 2 aliphatic heterocycles. The minimum Gasteiger partial charge on any atom is -0.366 e. The zero-order valence-electron chi connectivity index (χ0n) is 11.4. The minimum atomic E-state index is -0.905. The molecule has 0 spiro atoms. The molecule has 1 saturated heterocycles. The van der Waals surface area contributed by atoms with Crippen molar-refractivity contribution in [3.05, 3.63) is 12.4 Å². The molecule has 0 aromatic rings. The first-order chi connectivity index (χ1) is 8.41. The number of epoxide rings is 1. The van der Waals surface area contributed by atoms with Gasteiger partial charge in [0.1, 0.15) is 18.4 Å². The van der Waals surface area contributed by atoms with Gasteiger partial charge < -0.3 is 24.2 Å². The zero-order chi connectivity index (χ0) is 13.3. The fourth-order valence-corrected chi connectivity index (χ4v) is 2.03. The van der Waals surface area contributed by atoms with Crippen molar-refractivity contribution in [2.24, 2.45) is 0 Å². The topological polar surface area (TPSA) is 54.5 Å². The minimum absolute atomic E-state index is 0.0826. The standard InChI is InChI=1S/C12H23N2O4/c1-9(11(15)16-4)17-12-10(18-12)7-13-5-6-14(2,3)8-13/h5-6,9-12,15H,7-8H2,1-4H3/q+1. The number of ether oxygens (including phenoxy) is 3. The average Bonchev–Trinajstić information content (AvgIpc) is 2.92. The third-order valence-corrected chi connectivity index (χ3v) is 3.17. The molecule has 18 heavy (non-hydrogen) atoms. The van der Waals surface area contributed by atoms with Gasteiger partial charge in [-0.2, -0.15) is 0 Å². The summed E-state index contributed by atoms with van der Waals surface area (Å²) in [5.74, 6) is 0. The number of hydrogen-bond acceptors (Lipinski definition) is 5. The van der Waals surface area contributed by atoms with Crippen molar-refractivity contribution in [1.29, 1.82) is 0 Å². The maximum absolute atomic E-state index is 9.42. The molecule has 2 rings (SSSR count). The Morgan fingerprint density at radius 3 is 2.83 bits per heavy atom. The van der Waals surface area contributed by atoms with Gasteiger partial charge in [0.2, 0.25) is 0 Å². The summed E-state index contributed by atoms with van der Waals surface area (Å²) in [4.78, 5) is 2.21. The van der Waals surface area contributed by atoms with Crippen molar-refractivity contribution in [2.75, 3.05) is 34.4 Å². The molecule has 0 aromatic carbocycles. The highest BCUT2D eigenvalue weighted by molar-refractivity contribution is 4.88. The lowest BCUT2D eigenvalue weighted by Gasteiger charge is -2.23. The van der Waals surface area contributed by atoms with Gasteiger partial charge in [-0.05, 0) is 6.92 Å². The number of methoxy groups -OCH3 is 1. The van der Waals surface area contributed by atoms with Crippen LogP contribution in [0.15, 0.2) is 12.4 Å². The Morgan fingerprint density at radius 1 is 1.56 bits per heavy atom. The van der Waals surface area contributed by atoms with E-state index in [0.29, 0.717) is 0 Å². The second-order valence-electron chi connectivity index (χ2n) is 5.50. The first-order valence-corrected chi connectivity index (χ1v) is 6.19. The molecule has 2 heterocycles. The summed E-state index contributed by atoms with van der Waals surface area (Å²) >= 11 is 0. The zero-order valence-corrected chi connectivity index (χ0v) is 11.4. The molecule has 0 aromatic heterocycles. The number of nitrogens with zero attached hydrogens (tertiary/aromatic N) is 2. The van der Waals surface area contributed by atoms with Crippen LogP contribution in [-0.2, 0) is 14.2 Å². The van der Waals surface area contributed by atoms with Crippen LogP contribution in [0.4, 0.5) is 0 Å². The van der Waals surface area contributed by atoms with Crippen LogP contribution in [0, 0.1) is 0 Å². The predicted octanol–water partition coefficient (Wildman–Crippen LogP) is -0.0981. The maximum atomic E-state index is 9.42. The Morgan fingerprint density at radius 2 is 2.28 bits per heavy atom. The van der Waals surface area contributed by atoms with Crippen LogP contribution in [0.5, 0.6) is 0 Å². The van der Waals surface area contributed by atoms with Crippen molar-refractivity contribution >= 4 is 0 Å². The highest BCUT2D eigenvalue weighted by Crippen LogP contribution is 2.27. The summed E-state index contributed by atoms with van der Waals surface area (Å²) in [5.41, 5.74) is 0. The van der Waals surface area contributed by atoms with Gasteiger partial charge in [-0.25, -0.2) is 0 Å². The van der Waals surface area contributed by atoms with Crippen molar-refractivity contribution in [1.82, 2.24) is 4.90 Å². The molecule has 2 aliphatic rings. The van der Waals surface area contributed by atoms with E-state index in [1.165, 1.54) is 7.11 Å². The van der Waals surface area contributed by atoms with E-state index in [0.717, 1.165) is 17.7 Å². The van der Waals surface area contributed by atoms with Crippen molar-refractivity contribution in [3.63, 3.8) is 0 Å². The summed E-state index contributed by atoms with van der Waals surface area (Å²) in [6, 6.07) is 0. The third kappa shape index (κ3) is 3.43. The van der Waals surface area contributed by atoms with E-state index in [4.69, 9.17) is 14.2 Å². The molecule has 1 fully saturated rings. The molecule has 1 N–H and O–H groups in total. The van der Waals surface area contributed by atoms with Gasteiger partial charge in [0.05, 0.1) is 26.8 Å². The van der Waals surface area contributed by atoms with E-state index < -0.39 is 6.29 Å². The molecule has 4 unspecified atom stereocenters. The van der Waals surface area contributed by atoms with Gasteiger partial charge in [-0.3, -0.25) is 4.48 Å². The highest BCUT2D eigenvalue weighted by atomic mass is 16.8. The second kappa shape index (κ2) is 5.14. The second-order valence-corrected chi connectivity index (χ2v) is 5.50. The van der Waals surface area contributed by atoms with Gasteiger partial charge in [0, 0.05) is 7.11 Å². The smallest absolute Gasteiger partial charge is 0.186 e. The van der Waals surface area contributed by atoms with Crippen molar-refractivity contribution in [3.8, 4) is 0 Å². The van der Waals surface area contributed by atoms with E-state index in [9.17, 15) is 5.11 Å². The monoisotopic (exact) mass is 259 g/mol. The number of aliphatic hydroxyl groups is 1. The Balaban J connectivity index is 1.68. The molecular weight excluding hydrogens is 236 g/mol. The number of hydrogen-bond donors (Lipinski definition) is 1. The molecule has 0 amide bonds. The first-order valence-electron chi connectivity index (χ1n) is 6.19. The molecule has 6 heteroatoms. The molecule has 6 nitrogen and oxygen atoms in total. The van der Waals surface area contributed by atoms with Gasteiger partial charge in [-0.1, -0.05) is 0 Å². The van der Waals surface area contributed by atoms with E-state index in [1.807, 2.05) is 0 Å². The SMILES string of the molecule is COC(O)C(C)OC1OC1CN1C=C[N+](C)(C)C1. The molecule has 0 radical (unpaired) electrons. The number of quaternary nitrogens is 1. The lowest BCUT2D eigenvalue weighted by Crippen LogP contribution is -2.38. The molecule has 0 bridgehead atoms. The van der Waals surface area contributed by atoms with Gasteiger partial charge in [0.15, 0.2) is 19.2 Å². The summed E-state index contributed by atoms with van der Waals surface area (Å²) in [6.07, 6.45) is 2.80. The number of rotatable bonds is 6. The summed E-state index contributed by atoms with van der Waals surface area (Å²) < 4.78 is 16.6. The van der Waals surface area contributed by atoms with Crippen molar-refractivity contribution in [2.45, 2.75) is 31.7 Å². The molecular formula is C12H23N2O4+. The fraction of sp³-hybridized carbons (Fsp3) is 0.833. The van der Waals surface area contributed by atoms with E-state index in [1.54, 1.807) is 6.92 Å². The maximum Gasteiger partial charge on any atom is 0.186 e. The van der Waals surface area contributed by atoms with Crippen molar-refractivity contribution < 1.29 is 23.8 Å². The van der Waals surface area contributed by atoms with E-state index in [-0.39, 0.29) is 18.5 Å². The lowest BCUT2D eigenvalue weighted by molar-refractivity contribution is -0.840. The molecule has 4 atom stereocenters. The van der Waals surface area contributed by atoms with E-state index >= 15 is 0 Å². The molecule has 0 aliphatic carbocycles. The van der Waals surface area contributed by atoms with Crippen LogP contribution < -0.4 is 0 Å². The van der Waals surface area contributed by atoms with Gasteiger partial charge in [0.25, 0.3) is 0 Å². The third-order valence-electron chi connectivity index (χ3n) is 3.17. The average molecular weight is 259 g/mol. The van der Waals surface area contributed by atoms with Crippen LogP contribution in [-0.4, -0.2) is 73.7 Å². The van der Waals surface area contributed by atoms with Crippen LogP contribution in [0.3, 0.4) is 0 Å². The Labute approximate surface area is 108 Å². The molecule has 0 saturated carbocycles. The predicted molar refractivity (Wildman–Crippen MR) is 65.0 cm³/mol. The fourth-order valence-electron chi connectivity index (χ4n) is 2.03. The van der Waals surface area contributed by atoms with Gasteiger partial charge in [-0.15, -0.1) is 0 Å². The van der Waals surface area contributed by atoms with Crippen LogP contribution >= 0.6 is 0 Å². The summed E-state index contributed by atoms with van der Waals surface area (Å²) in [7, 11) is 5.75. The largest absolute Gasteiger partial charge is 0.366 e. The number of aliphatic hydroxyl groups excluding tert-OH is 1. The van der Waals surface area contributed by atoms with Crippen LogP contribution in [0.25, 0.3) is 0 Å². The van der Waals surface area contributed by atoms with Gasteiger partial charge >= 0.3 is 0 Å². The van der Waals surface area contributed by atoms with E-state index in [2.05, 4.69) is 31.4 Å². The summed E-state index contributed by atoms with van der Waals surface area (Å²) in [5, 5.41) is 9.42. The normalized spacial score (nSPS) is 32.6. The van der Waals surface area contributed by atoms with Crippen LogP contribution in [0.2, 0.25) is 0 Å². The summed E-state index contributed by atoms with van der Waals surface area (Å²) in [6.45, 7) is 3.53. The highest BCUT2D eigenvalue weighted by Gasteiger charge is 2.44. The molecule has 104 valence electrons. The Kier molecular flexibility index (Phi) is 3.93. The Hall–Kier alpha value is -0.660. The Bertz CT molecular complexity index is 321. The van der Waals surface area contributed by atoms with Crippen LogP contribution in [0.1, 0.15) is 6.92 Å².